The van der Waals surface area contributed by atoms with Crippen molar-refractivity contribution in [3.63, 3.8) is 0 Å². The predicted molar refractivity (Wildman–Crippen MR) is 72.4 cm³/mol. The van der Waals surface area contributed by atoms with E-state index in [1.54, 1.807) is 8.61 Å². The second kappa shape index (κ2) is 6.84. The van der Waals surface area contributed by atoms with E-state index in [2.05, 4.69) is 0 Å². The fourth-order valence-electron chi connectivity index (χ4n) is 2.38. The summed E-state index contributed by atoms with van der Waals surface area (Å²) in [7, 11) is -3.33. The highest BCUT2D eigenvalue weighted by molar-refractivity contribution is 7.86. The maximum atomic E-state index is 12.5. The van der Waals surface area contributed by atoms with Gasteiger partial charge in [-0.25, -0.2) is 0 Å². The Labute approximate surface area is 111 Å². The molecule has 1 heterocycles. The van der Waals surface area contributed by atoms with E-state index in [0.29, 0.717) is 19.6 Å². The summed E-state index contributed by atoms with van der Waals surface area (Å²) in [5.41, 5.74) is 0. The third-order valence-electron chi connectivity index (χ3n) is 3.85. The van der Waals surface area contributed by atoms with Gasteiger partial charge >= 0.3 is 0 Å². The van der Waals surface area contributed by atoms with Crippen LogP contribution in [0.15, 0.2) is 0 Å². The SMILES string of the molecule is CCC(C)N(CC)S(=O)(=O)N1CCC(CO)CC1. The van der Waals surface area contributed by atoms with Gasteiger partial charge in [0.25, 0.3) is 10.2 Å². The molecular formula is C12H26N2O3S. The van der Waals surface area contributed by atoms with Gasteiger partial charge in [0.1, 0.15) is 0 Å². The number of aliphatic hydroxyl groups excluding tert-OH is 1. The van der Waals surface area contributed by atoms with E-state index in [0.717, 1.165) is 19.3 Å². The number of piperidine rings is 1. The Balaban J connectivity index is 2.74. The fourth-order valence-corrected chi connectivity index (χ4v) is 4.28. The summed E-state index contributed by atoms with van der Waals surface area (Å²) in [5.74, 6) is 0.259. The lowest BCUT2D eigenvalue weighted by Crippen LogP contribution is -2.50. The molecule has 0 aromatic heterocycles. The minimum atomic E-state index is -3.33. The van der Waals surface area contributed by atoms with E-state index >= 15 is 0 Å². The molecule has 0 amide bonds. The average molecular weight is 278 g/mol. The molecule has 0 aliphatic carbocycles. The molecule has 1 N–H and O–H groups in total. The Morgan fingerprint density at radius 3 is 2.28 bits per heavy atom. The molecule has 1 unspecified atom stereocenters. The Morgan fingerprint density at radius 1 is 1.33 bits per heavy atom. The third-order valence-corrected chi connectivity index (χ3v) is 6.08. The first-order valence-corrected chi connectivity index (χ1v) is 8.24. The molecule has 0 saturated carbocycles. The Morgan fingerprint density at radius 2 is 1.89 bits per heavy atom. The minimum Gasteiger partial charge on any atom is -0.396 e. The first-order chi connectivity index (χ1) is 8.47. The van der Waals surface area contributed by atoms with Crippen LogP contribution in [0.1, 0.15) is 40.0 Å². The van der Waals surface area contributed by atoms with Crippen LogP contribution < -0.4 is 0 Å². The standard InChI is InChI=1S/C12H26N2O3S/c1-4-11(3)14(5-2)18(16,17)13-8-6-12(10-15)7-9-13/h11-12,15H,4-10H2,1-3H3. The van der Waals surface area contributed by atoms with Gasteiger partial charge in [0.2, 0.25) is 0 Å². The van der Waals surface area contributed by atoms with E-state index in [-0.39, 0.29) is 18.6 Å². The van der Waals surface area contributed by atoms with Gasteiger partial charge in [-0.1, -0.05) is 13.8 Å². The van der Waals surface area contributed by atoms with Crippen molar-refractivity contribution < 1.29 is 13.5 Å². The van der Waals surface area contributed by atoms with Crippen LogP contribution in [-0.4, -0.2) is 54.4 Å². The van der Waals surface area contributed by atoms with Crippen molar-refractivity contribution >= 4 is 10.2 Å². The highest BCUT2D eigenvalue weighted by Crippen LogP contribution is 2.22. The van der Waals surface area contributed by atoms with Gasteiger partial charge in [-0.15, -0.1) is 0 Å². The summed E-state index contributed by atoms with van der Waals surface area (Å²) >= 11 is 0. The lowest BCUT2D eigenvalue weighted by Gasteiger charge is -2.36. The molecule has 1 aliphatic rings. The number of nitrogens with zero attached hydrogens (tertiary/aromatic N) is 2. The lowest BCUT2D eigenvalue weighted by molar-refractivity contribution is 0.164. The first kappa shape index (κ1) is 15.9. The van der Waals surface area contributed by atoms with E-state index < -0.39 is 10.2 Å². The Bertz CT molecular complexity index is 337. The molecule has 0 spiro atoms. The highest BCUT2D eigenvalue weighted by atomic mass is 32.2. The molecule has 108 valence electrons. The predicted octanol–water partition coefficient (Wildman–Crippen LogP) is 1.06. The number of hydrogen-bond acceptors (Lipinski definition) is 3. The van der Waals surface area contributed by atoms with E-state index in [1.807, 2.05) is 20.8 Å². The first-order valence-electron chi connectivity index (χ1n) is 6.85. The van der Waals surface area contributed by atoms with Crippen LogP contribution in [0.2, 0.25) is 0 Å². The maximum Gasteiger partial charge on any atom is 0.282 e. The lowest BCUT2D eigenvalue weighted by atomic mass is 10.00. The maximum absolute atomic E-state index is 12.5. The highest BCUT2D eigenvalue weighted by Gasteiger charge is 2.33. The monoisotopic (exact) mass is 278 g/mol. The van der Waals surface area contributed by atoms with Gasteiger partial charge in [0.15, 0.2) is 0 Å². The van der Waals surface area contributed by atoms with E-state index in [4.69, 9.17) is 5.11 Å². The van der Waals surface area contributed by atoms with Gasteiger partial charge < -0.3 is 5.11 Å². The minimum absolute atomic E-state index is 0.0376. The smallest absolute Gasteiger partial charge is 0.282 e. The molecule has 0 aromatic rings. The zero-order valence-electron chi connectivity index (χ0n) is 11.7. The normalized spacial score (nSPS) is 21.4. The number of rotatable bonds is 6. The van der Waals surface area contributed by atoms with Crippen molar-refractivity contribution in [3.05, 3.63) is 0 Å². The topological polar surface area (TPSA) is 60.9 Å². The van der Waals surface area contributed by atoms with Crippen LogP contribution in [0.5, 0.6) is 0 Å². The van der Waals surface area contributed by atoms with Crippen molar-refractivity contribution in [2.24, 2.45) is 5.92 Å². The van der Waals surface area contributed by atoms with Crippen molar-refractivity contribution in [2.75, 3.05) is 26.2 Å². The Kier molecular flexibility index (Phi) is 6.04. The van der Waals surface area contributed by atoms with Gasteiger partial charge in [0, 0.05) is 32.3 Å². The van der Waals surface area contributed by atoms with Crippen LogP contribution in [-0.2, 0) is 10.2 Å². The van der Waals surface area contributed by atoms with Crippen LogP contribution in [0.25, 0.3) is 0 Å². The van der Waals surface area contributed by atoms with Gasteiger partial charge in [-0.05, 0) is 32.1 Å². The second-order valence-electron chi connectivity index (χ2n) is 4.99. The van der Waals surface area contributed by atoms with Crippen LogP contribution in [0, 0.1) is 5.92 Å². The molecule has 5 nitrogen and oxygen atoms in total. The quantitative estimate of drug-likeness (QED) is 0.790. The van der Waals surface area contributed by atoms with Crippen molar-refractivity contribution in [3.8, 4) is 0 Å². The molecule has 0 bridgehead atoms. The molecule has 1 atom stereocenters. The fraction of sp³-hybridized carbons (Fsp3) is 1.00. The molecule has 1 saturated heterocycles. The van der Waals surface area contributed by atoms with Crippen LogP contribution >= 0.6 is 0 Å². The van der Waals surface area contributed by atoms with Gasteiger partial charge in [-0.3, -0.25) is 0 Å². The second-order valence-corrected chi connectivity index (χ2v) is 6.87. The molecule has 0 aromatic carbocycles. The summed E-state index contributed by atoms with van der Waals surface area (Å²) in [5, 5.41) is 9.08. The van der Waals surface area contributed by atoms with Crippen molar-refractivity contribution in [2.45, 2.75) is 46.1 Å². The van der Waals surface area contributed by atoms with Crippen LogP contribution in [0.3, 0.4) is 0 Å². The average Bonchev–Trinajstić information content (AvgIpc) is 2.39. The summed E-state index contributed by atoms with van der Waals surface area (Å²) in [6, 6.07) is 0.0376. The molecular weight excluding hydrogens is 252 g/mol. The van der Waals surface area contributed by atoms with E-state index in [9.17, 15) is 8.42 Å². The number of hydrogen-bond donors (Lipinski definition) is 1. The van der Waals surface area contributed by atoms with Crippen molar-refractivity contribution in [1.82, 2.24) is 8.61 Å². The van der Waals surface area contributed by atoms with Gasteiger partial charge in [0.05, 0.1) is 0 Å². The molecule has 0 radical (unpaired) electrons. The van der Waals surface area contributed by atoms with Crippen LogP contribution in [0.4, 0.5) is 0 Å². The third kappa shape index (κ3) is 3.44. The molecule has 1 rings (SSSR count). The Hall–Kier alpha value is -0.170. The zero-order valence-corrected chi connectivity index (χ0v) is 12.5. The molecule has 6 heteroatoms. The summed E-state index contributed by atoms with van der Waals surface area (Å²) in [4.78, 5) is 0. The summed E-state index contributed by atoms with van der Waals surface area (Å²) < 4.78 is 28.1. The summed E-state index contributed by atoms with van der Waals surface area (Å²) in [6.45, 7) is 7.56. The molecule has 18 heavy (non-hydrogen) atoms. The van der Waals surface area contributed by atoms with E-state index in [1.165, 1.54) is 0 Å². The largest absolute Gasteiger partial charge is 0.396 e. The van der Waals surface area contributed by atoms with Gasteiger partial charge in [-0.2, -0.15) is 17.0 Å². The van der Waals surface area contributed by atoms with Crippen molar-refractivity contribution in [1.29, 1.82) is 0 Å². The molecule has 1 aliphatic heterocycles. The molecule has 1 fully saturated rings. The zero-order chi connectivity index (χ0) is 13.8. The number of aliphatic hydroxyl groups is 1. The summed E-state index contributed by atoms with van der Waals surface area (Å²) in [6.07, 6.45) is 2.34.